The Morgan fingerprint density at radius 1 is 1.53 bits per heavy atom. The summed E-state index contributed by atoms with van der Waals surface area (Å²) in [6.45, 7) is 2.83. The van der Waals surface area contributed by atoms with E-state index in [1.165, 1.54) is 0 Å². The maximum Gasteiger partial charge on any atom is 0.138 e. The van der Waals surface area contributed by atoms with Gasteiger partial charge >= 0.3 is 0 Å². The second-order valence-electron chi connectivity index (χ2n) is 3.88. The number of likely N-dealkylation sites (N-methyl/N-ethyl adjacent to an activating group) is 1. The Morgan fingerprint density at radius 2 is 2.33 bits per heavy atom. The van der Waals surface area contributed by atoms with Crippen molar-refractivity contribution in [2.45, 2.75) is 6.04 Å². The summed E-state index contributed by atoms with van der Waals surface area (Å²) in [5, 5.41) is 13.6. The summed E-state index contributed by atoms with van der Waals surface area (Å²) in [5.74, 6) is 0.208. The maximum atomic E-state index is 9.88. The first kappa shape index (κ1) is 10.7. The summed E-state index contributed by atoms with van der Waals surface area (Å²) in [5.41, 5.74) is 0.900. The van der Waals surface area contributed by atoms with Crippen molar-refractivity contribution in [1.82, 2.24) is 10.2 Å². The quantitative estimate of drug-likeness (QED) is 0.764. The topological polar surface area (TPSA) is 35.5 Å². The minimum Gasteiger partial charge on any atom is -0.506 e. The summed E-state index contributed by atoms with van der Waals surface area (Å²) in [4.78, 5) is 2.22. The van der Waals surface area contributed by atoms with Crippen LogP contribution >= 0.6 is 11.6 Å². The van der Waals surface area contributed by atoms with Gasteiger partial charge < -0.3 is 10.4 Å². The van der Waals surface area contributed by atoms with Crippen LogP contribution in [0.2, 0.25) is 5.02 Å². The first-order valence-electron chi connectivity index (χ1n) is 5.08. The van der Waals surface area contributed by atoms with Gasteiger partial charge in [-0.2, -0.15) is 0 Å². The second kappa shape index (κ2) is 4.39. The van der Waals surface area contributed by atoms with Crippen LogP contribution in [0, 0.1) is 0 Å². The minimum absolute atomic E-state index is 0.206. The number of piperazine rings is 1. The molecule has 1 unspecified atom stereocenters. The highest BCUT2D eigenvalue weighted by molar-refractivity contribution is 6.32. The second-order valence-corrected chi connectivity index (χ2v) is 4.29. The number of aromatic hydroxyl groups is 1. The Kier molecular flexibility index (Phi) is 3.14. The van der Waals surface area contributed by atoms with E-state index in [4.69, 9.17) is 11.6 Å². The molecule has 0 amide bonds. The molecule has 0 bridgehead atoms. The predicted octanol–water partition coefficient (Wildman–Crippen LogP) is 1.62. The Hall–Kier alpha value is -0.770. The van der Waals surface area contributed by atoms with Gasteiger partial charge in [0.25, 0.3) is 0 Å². The van der Waals surface area contributed by atoms with Crippen molar-refractivity contribution >= 4 is 11.6 Å². The zero-order valence-electron chi connectivity index (χ0n) is 8.70. The van der Waals surface area contributed by atoms with Crippen LogP contribution in [0.1, 0.15) is 11.6 Å². The highest BCUT2D eigenvalue weighted by Gasteiger charge is 2.23. The Labute approximate surface area is 94.7 Å². The number of halogens is 1. The van der Waals surface area contributed by atoms with E-state index in [0.29, 0.717) is 5.02 Å². The Balaban J connectivity index is 2.31. The van der Waals surface area contributed by atoms with E-state index >= 15 is 0 Å². The molecule has 0 radical (unpaired) electrons. The van der Waals surface area contributed by atoms with E-state index in [9.17, 15) is 5.11 Å². The van der Waals surface area contributed by atoms with Gasteiger partial charge in [-0.05, 0) is 13.1 Å². The number of benzene rings is 1. The van der Waals surface area contributed by atoms with Crippen LogP contribution in [-0.4, -0.2) is 36.7 Å². The molecule has 1 heterocycles. The molecule has 0 aromatic heterocycles. The number of rotatable bonds is 1. The molecular weight excluding hydrogens is 212 g/mol. The molecule has 1 aliphatic rings. The predicted molar refractivity (Wildman–Crippen MR) is 61.4 cm³/mol. The van der Waals surface area contributed by atoms with Gasteiger partial charge in [0.1, 0.15) is 5.75 Å². The number of phenols is 1. The average Bonchev–Trinajstić information content (AvgIpc) is 2.23. The molecule has 4 heteroatoms. The summed E-state index contributed by atoms with van der Waals surface area (Å²) in [7, 11) is 2.06. The summed E-state index contributed by atoms with van der Waals surface area (Å²) < 4.78 is 0. The van der Waals surface area contributed by atoms with Gasteiger partial charge in [0, 0.05) is 25.2 Å². The van der Waals surface area contributed by atoms with E-state index < -0.39 is 0 Å². The molecule has 0 aliphatic carbocycles. The van der Waals surface area contributed by atoms with E-state index in [2.05, 4.69) is 17.3 Å². The van der Waals surface area contributed by atoms with Crippen LogP contribution in [0.25, 0.3) is 0 Å². The fourth-order valence-corrected chi connectivity index (χ4v) is 2.14. The van der Waals surface area contributed by atoms with Crippen molar-refractivity contribution in [2.75, 3.05) is 26.7 Å². The smallest absolute Gasteiger partial charge is 0.138 e. The maximum absolute atomic E-state index is 9.88. The fourth-order valence-electron chi connectivity index (χ4n) is 1.95. The van der Waals surface area contributed by atoms with Crippen molar-refractivity contribution < 1.29 is 5.11 Å². The third-order valence-electron chi connectivity index (χ3n) is 2.89. The lowest BCUT2D eigenvalue weighted by Crippen LogP contribution is -2.43. The van der Waals surface area contributed by atoms with Crippen molar-refractivity contribution in [2.24, 2.45) is 0 Å². The van der Waals surface area contributed by atoms with E-state index in [-0.39, 0.29) is 11.8 Å². The summed E-state index contributed by atoms with van der Waals surface area (Å²) in [6.07, 6.45) is 0. The normalized spacial score (nSPS) is 22.9. The van der Waals surface area contributed by atoms with Crippen LogP contribution in [0.4, 0.5) is 0 Å². The molecular formula is C11H15ClN2O. The van der Waals surface area contributed by atoms with Crippen LogP contribution in [0.15, 0.2) is 18.2 Å². The lowest BCUT2D eigenvalue weighted by atomic mass is 10.0. The van der Waals surface area contributed by atoms with Crippen molar-refractivity contribution in [3.05, 3.63) is 28.8 Å². The van der Waals surface area contributed by atoms with Crippen LogP contribution in [-0.2, 0) is 0 Å². The fraction of sp³-hybridized carbons (Fsp3) is 0.455. The molecule has 1 atom stereocenters. The van der Waals surface area contributed by atoms with E-state index in [0.717, 1.165) is 25.2 Å². The van der Waals surface area contributed by atoms with Crippen LogP contribution < -0.4 is 5.32 Å². The largest absolute Gasteiger partial charge is 0.506 e. The first-order valence-corrected chi connectivity index (χ1v) is 5.46. The molecule has 1 aromatic carbocycles. The average molecular weight is 227 g/mol. The molecule has 1 aliphatic heterocycles. The highest BCUT2D eigenvalue weighted by Crippen LogP contribution is 2.33. The van der Waals surface area contributed by atoms with Crippen LogP contribution in [0.3, 0.4) is 0 Å². The van der Waals surface area contributed by atoms with Gasteiger partial charge in [0.15, 0.2) is 0 Å². The standard InChI is InChI=1S/C11H15ClN2O/c1-14-6-5-13-7-10(14)8-3-2-4-9(12)11(8)15/h2-4,10,13,15H,5-7H2,1H3. The van der Waals surface area contributed by atoms with Gasteiger partial charge in [-0.15, -0.1) is 0 Å². The van der Waals surface area contributed by atoms with E-state index in [1.54, 1.807) is 6.07 Å². The SMILES string of the molecule is CN1CCNCC1c1cccc(Cl)c1O. The van der Waals surface area contributed by atoms with Gasteiger partial charge in [-0.25, -0.2) is 0 Å². The number of hydrogen-bond donors (Lipinski definition) is 2. The first-order chi connectivity index (χ1) is 7.20. The summed E-state index contributed by atoms with van der Waals surface area (Å²) in [6, 6.07) is 5.71. The van der Waals surface area contributed by atoms with Crippen molar-refractivity contribution in [1.29, 1.82) is 0 Å². The Morgan fingerprint density at radius 3 is 3.07 bits per heavy atom. The number of hydrogen-bond acceptors (Lipinski definition) is 3. The third kappa shape index (κ3) is 2.09. The number of phenolic OH excluding ortho intramolecular Hbond substituents is 1. The van der Waals surface area contributed by atoms with Gasteiger partial charge in [0.2, 0.25) is 0 Å². The molecule has 15 heavy (non-hydrogen) atoms. The molecule has 1 saturated heterocycles. The van der Waals surface area contributed by atoms with Gasteiger partial charge in [-0.3, -0.25) is 4.90 Å². The van der Waals surface area contributed by atoms with E-state index in [1.807, 2.05) is 12.1 Å². The number of nitrogens with one attached hydrogen (secondary N) is 1. The zero-order valence-corrected chi connectivity index (χ0v) is 9.46. The molecule has 82 valence electrons. The van der Waals surface area contributed by atoms with Crippen molar-refractivity contribution in [3.8, 4) is 5.75 Å². The lowest BCUT2D eigenvalue weighted by Gasteiger charge is -2.33. The number of nitrogens with zero attached hydrogens (tertiary/aromatic N) is 1. The van der Waals surface area contributed by atoms with Crippen molar-refractivity contribution in [3.63, 3.8) is 0 Å². The summed E-state index contributed by atoms with van der Waals surface area (Å²) >= 11 is 5.89. The third-order valence-corrected chi connectivity index (χ3v) is 3.19. The minimum atomic E-state index is 0.206. The molecule has 0 saturated carbocycles. The van der Waals surface area contributed by atoms with Crippen LogP contribution in [0.5, 0.6) is 5.75 Å². The monoisotopic (exact) mass is 226 g/mol. The van der Waals surface area contributed by atoms with Gasteiger partial charge in [-0.1, -0.05) is 23.7 Å². The molecule has 2 rings (SSSR count). The molecule has 2 N–H and O–H groups in total. The number of para-hydroxylation sites is 1. The molecule has 3 nitrogen and oxygen atoms in total. The highest BCUT2D eigenvalue weighted by atomic mass is 35.5. The Bertz CT molecular complexity index is 356. The van der Waals surface area contributed by atoms with Gasteiger partial charge in [0.05, 0.1) is 11.1 Å². The zero-order chi connectivity index (χ0) is 10.8. The lowest BCUT2D eigenvalue weighted by molar-refractivity contribution is 0.199. The molecule has 1 aromatic rings. The molecule has 0 spiro atoms. The molecule has 1 fully saturated rings.